The van der Waals surface area contributed by atoms with E-state index in [4.69, 9.17) is 0 Å². The molecule has 1 aliphatic carbocycles. The van der Waals surface area contributed by atoms with Gasteiger partial charge in [-0.15, -0.1) is 0 Å². The summed E-state index contributed by atoms with van der Waals surface area (Å²) in [6, 6.07) is 0. The summed E-state index contributed by atoms with van der Waals surface area (Å²) in [6.45, 7) is 3.66. The molecule has 1 aliphatic rings. The van der Waals surface area contributed by atoms with Crippen LogP contribution in [0.3, 0.4) is 0 Å². The van der Waals surface area contributed by atoms with Crippen molar-refractivity contribution in [3.63, 3.8) is 0 Å². The Kier molecular flexibility index (Phi) is 2.93. The predicted octanol–water partition coefficient (Wildman–Crippen LogP) is 0.774. The van der Waals surface area contributed by atoms with Gasteiger partial charge in [-0.1, -0.05) is 5.57 Å². The van der Waals surface area contributed by atoms with Gasteiger partial charge < -0.3 is 10.1 Å². The highest BCUT2D eigenvalue weighted by Gasteiger charge is 2.52. The molecule has 4 heteroatoms. The molecule has 1 amide bonds. The quantitative estimate of drug-likeness (QED) is 0.537. The summed E-state index contributed by atoms with van der Waals surface area (Å²) in [5, 5.41) is 2.66. The number of amides is 1. The topological polar surface area (TPSA) is 55.4 Å². The maximum atomic E-state index is 11.3. The summed E-state index contributed by atoms with van der Waals surface area (Å²) < 4.78 is 4.61. The first kappa shape index (κ1) is 10.8. The fourth-order valence-corrected chi connectivity index (χ4v) is 1.23. The number of carbonyl (C=O) groups excluding carboxylic acids is 2. The number of hydrogen-bond donors (Lipinski definition) is 1. The van der Waals surface area contributed by atoms with Crippen LogP contribution in [0.2, 0.25) is 0 Å². The fraction of sp³-hybridized carbons (Fsp3) is 0.600. The van der Waals surface area contributed by atoms with E-state index in [0.29, 0.717) is 12.8 Å². The third-order valence-corrected chi connectivity index (χ3v) is 2.11. The van der Waals surface area contributed by atoms with Gasteiger partial charge in [0.1, 0.15) is 5.54 Å². The van der Waals surface area contributed by atoms with Gasteiger partial charge in [0.25, 0.3) is 0 Å². The van der Waals surface area contributed by atoms with Gasteiger partial charge in [-0.2, -0.15) is 0 Å². The Hall–Kier alpha value is -1.32. The molecule has 0 aromatic rings. The minimum atomic E-state index is -0.738. The second kappa shape index (κ2) is 3.82. The second-order valence-electron chi connectivity index (χ2n) is 3.78. The van der Waals surface area contributed by atoms with Gasteiger partial charge in [-0.25, -0.2) is 4.79 Å². The molecule has 1 saturated carbocycles. The molecule has 0 spiro atoms. The Bertz CT molecular complexity index is 286. The monoisotopic (exact) mass is 197 g/mol. The van der Waals surface area contributed by atoms with Crippen molar-refractivity contribution in [1.29, 1.82) is 0 Å². The molecule has 0 saturated heterocycles. The first-order valence-electron chi connectivity index (χ1n) is 4.56. The summed E-state index contributed by atoms with van der Waals surface area (Å²) >= 11 is 0. The van der Waals surface area contributed by atoms with Crippen molar-refractivity contribution in [3.05, 3.63) is 11.6 Å². The fourth-order valence-electron chi connectivity index (χ4n) is 1.23. The Morgan fingerprint density at radius 3 is 2.29 bits per heavy atom. The third-order valence-electron chi connectivity index (χ3n) is 2.11. The van der Waals surface area contributed by atoms with Crippen LogP contribution in [0.5, 0.6) is 0 Å². The van der Waals surface area contributed by atoms with Crippen molar-refractivity contribution in [1.82, 2.24) is 5.32 Å². The molecule has 0 unspecified atom stereocenters. The van der Waals surface area contributed by atoms with Gasteiger partial charge in [0, 0.05) is 6.08 Å². The molecule has 0 radical (unpaired) electrons. The molecular formula is C10H15NO3. The number of rotatable bonds is 3. The molecule has 0 aromatic carbocycles. The van der Waals surface area contributed by atoms with Crippen LogP contribution >= 0.6 is 0 Å². The summed E-state index contributed by atoms with van der Waals surface area (Å²) in [4.78, 5) is 22.6. The van der Waals surface area contributed by atoms with E-state index >= 15 is 0 Å². The van der Waals surface area contributed by atoms with Gasteiger partial charge in [-0.3, -0.25) is 4.79 Å². The largest absolute Gasteiger partial charge is 0.467 e. The summed E-state index contributed by atoms with van der Waals surface area (Å²) in [5.41, 5.74) is 0.167. The summed E-state index contributed by atoms with van der Waals surface area (Å²) in [6.07, 6.45) is 2.81. The van der Waals surface area contributed by atoms with Crippen molar-refractivity contribution in [2.24, 2.45) is 0 Å². The lowest BCUT2D eigenvalue weighted by molar-refractivity contribution is -0.145. The number of carbonyl (C=O) groups is 2. The Labute approximate surface area is 83.3 Å². The van der Waals surface area contributed by atoms with Crippen LogP contribution in [0, 0.1) is 0 Å². The molecule has 0 heterocycles. The van der Waals surface area contributed by atoms with E-state index in [1.807, 2.05) is 13.8 Å². The molecule has 1 fully saturated rings. The normalized spacial score (nSPS) is 16.8. The molecule has 1 rings (SSSR count). The van der Waals surface area contributed by atoms with Gasteiger partial charge >= 0.3 is 5.97 Å². The van der Waals surface area contributed by atoms with Crippen molar-refractivity contribution < 1.29 is 14.3 Å². The lowest BCUT2D eigenvalue weighted by Gasteiger charge is -2.13. The molecule has 14 heavy (non-hydrogen) atoms. The first-order chi connectivity index (χ1) is 6.50. The van der Waals surface area contributed by atoms with Gasteiger partial charge in [0.05, 0.1) is 7.11 Å². The molecule has 78 valence electrons. The molecule has 0 atom stereocenters. The van der Waals surface area contributed by atoms with Crippen LogP contribution in [0.25, 0.3) is 0 Å². The zero-order chi connectivity index (χ0) is 10.8. The van der Waals surface area contributed by atoms with E-state index in [0.717, 1.165) is 5.57 Å². The second-order valence-corrected chi connectivity index (χ2v) is 3.78. The zero-order valence-corrected chi connectivity index (χ0v) is 8.72. The smallest absolute Gasteiger partial charge is 0.331 e. The predicted molar refractivity (Wildman–Crippen MR) is 51.6 cm³/mol. The SMILES string of the molecule is COC(=O)C1(NC(=O)C=C(C)C)CC1. The van der Waals surface area contributed by atoms with Gasteiger partial charge in [0.15, 0.2) is 0 Å². The van der Waals surface area contributed by atoms with E-state index in [9.17, 15) is 9.59 Å². The maximum Gasteiger partial charge on any atom is 0.331 e. The highest BCUT2D eigenvalue weighted by Crippen LogP contribution is 2.36. The molecule has 4 nitrogen and oxygen atoms in total. The minimum absolute atomic E-state index is 0.229. The van der Waals surface area contributed by atoms with Crippen LogP contribution in [-0.2, 0) is 14.3 Å². The van der Waals surface area contributed by atoms with Crippen molar-refractivity contribution in [2.45, 2.75) is 32.2 Å². The van der Waals surface area contributed by atoms with Crippen LogP contribution in [-0.4, -0.2) is 24.5 Å². The molecular weight excluding hydrogens is 182 g/mol. The van der Waals surface area contributed by atoms with Crippen molar-refractivity contribution >= 4 is 11.9 Å². The highest BCUT2D eigenvalue weighted by molar-refractivity contribution is 5.95. The van der Waals surface area contributed by atoms with E-state index in [1.54, 1.807) is 0 Å². The highest BCUT2D eigenvalue weighted by atomic mass is 16.5. The number of methoxy groups -OCH3 is 1. The third kappa shape index (κ3) is 2.34. The van der Waals surface area contributed by atoms with E-state index in [1.165, 1.54) is 13.2 Å². The number of esters is 1. The summed E-state index contributed by atoms with van der Waals surface area (Å²) in [5.74, 6) is -0.582. The van der Waals surface area contributed by atoms with Gasteiger partial charge in [-0.05, 0) is 26.7 Å². The molecule has 0 aromatic heterocycles. The number of hydrogen-bond acceptors (Lipinski definition) is 3. The average molecular weight is 197 g/mol. The van der Waals surface area contributed by atoms with E-state index < -0.39 is 5.54 Å². The standard InChI is InChI=1S/C10H15NO3/c1-7(2)6-8(12)11-10(4-5-10)9(13)14-3/h6H,4-5H2,1-3H3,(H,11,12). The molecule has 1 N–H and O–H groups in total. The van der Waals surface area contributed by atoms with E-state index in [2.05, 4.69) is 10.1 Å². The van der Waals surface area contributed by atoms with Crippen molar-refractivity contribution in [2.75, 3.05) is 7.11 Å². The maximum absolute atomic E-state index is 11.3. The Balaban J connectivity index is 2.57. The first-order valence-corrected chi connectivity index (χ1v) is 4.56. The number of allylic oxidation sites excluding steroid dienone is 1. The van der Waals surface area contributed by atoms with Crippen LogP contribution in [0.1, 0.15) is 26.7 Å². The molecule has 0 aliphatic heterocycles. The average Bonchev–Trinajstić information content (AvgIpc) is 2.82. The zero-order valence-electron chi connectivity index (χ0n) is 8.72. The Morgan fingerprint density at radius 1 is 1.36 bits per heavy atom. The van der Waals surface area contributed by atoms with E-state index in [-0.39, 0.29) is 11.9 Å². The van der Waals surface area contributed by atoms with Crippen LogP contribution in [0.15, 0.2) is 11.6 Å². The Morgan fingerprint density at radius 2 is 1.93 bits per heavy atom. The van der Waals surface area contributed by atoms with Crippen LogP contribution < -0.4 is 5.32 Å². The van der Waals surface area contributed by atoms with Crippen LogP contribution in [0.4, 0.5) is 0 Å². The lowest BCUT2D eigenvalue weighted by Crippen LogP contribution is -2.43. The lowest BCUT2D eigenvalue weighted by atomic mass is 10.2. The number of ether oxygens (including phenoxy) is 1. The molecule has 0 bridgehead atoms. The number of nitrogens with one attached hydrogen (secondary N) is 1. The summed E-state index contributed by atoms with van der Waals surface area (Å²) in [7, 11) is 1.33. The van der Waals surface area contributed by atoms with Crippen molar-refractivity contribution in [3.8, 4) is 0 Å². The minimum Gasteiger partial charge on any atom is -0.467 e. The van der Waals surface area contributed by atoms with Gasteiger partial charge in [0.2, 0.25) is 5.91 Å².